The average molecular weight is 502 g/mol. The first-order valence-electron chi connectivity index (χ1n) is 11.7. The molecule has 3 aliphatic carbocycles. The molecule has 1 atom stereocenters. The third-order valence-electron chi connectivity index (χ3n) is 6.71. The second kappa shape index (κ2) is 9.59. The lowest BCUT2D eigenvalue weighted by molar-refractivity contribution is -0.117. The molecule has 1 heterocycles. The molecule has 1 aromatic carbocycles. The number of hydrogen-bond donors (Lipinski definition) is 4. The van der Waals surface area contributed by atoms with Crippen molar-refractivity contribution in [1.29, 1.82) is 0 Å². The van der Waals surface area contributed by atoms with E-state index < -0.39 is 0 Å². The number of benzene rings is 1. The van der Waals surface area contributed by atoms with Gasteiger partial charge >= 0.3 is 0 Å². The van der Waals surface area contributed by atoms with Gasteiger partial charge in [0, 0.05) is 29.1 Å². The second-order valence-electron chi connectivity index (χ2n) is 9.32. The van der Waals surface area contributed by atoms with Crippen molar-refractivity contribution >= 4 is 51.2 Å². The highest BCUT2D eigenvalue weighted by Gasteiger charge is 2.36. The maximum atomic E-state index is 13.5. The number of nitrogens with two attached hydrogens (primary N) is 1. The van der Waals surface area contributed by atoms with Gasteiger partial charge in [-0.3, -0.25) is 9.59 Å². The Morgan fingerprint density at radius 1 is 1.15 bits per heavy atom. The molecule has 0 radical (unpaired) electrons. The number of nitrogens with zero attached hydrogens (tertiary/aromatic N) is 1. The number of rotatable bonds is 7. The second-order valence-corrected chi connectivity index (χ2v) is 10.8. The van der Waals surface area contributed by atoms with Crippen LogP contribution in [-0.4, -0.2) is 29.5 Å². The number of anilines is 2. The van der Waals surface area contributed by atoms with Gasteiger partial charge in [0.05, 0.1) is 5.56 Å². The van der Waals surface area contributed by atoms with Crippen LogP contribution in [0, 0.1) is 17.7 Å². The van der Waals surface area contributed by atoms with Crippen LogP contribution in [0.3, 0.4) is 0 Å². The highest BCUT2D eigenvalue weighted by molar-refractivity contribution is 7.80. The minimum Gasteiger partial charge on any atom is -0.352 e. The Morgan fingerprint density at radius 2 is 1.88 bits per heavy atom. The lowest BCUT2D eigenvalue weighted by Gasteiger charge is -2.36. The van der Waals surface area contributed by atoms with Crippen LogP contribution in [0.1, 0.15) is 52.9 Å². The van der Waals surface area contributed by atoms with Crippen molar-refractivity contribution in [2.75, 3.05) is 16.8 Å². The molecular weight excluding hydrogens is 473 g/mol. The summed E-state index contributed by atoms with van der Waals surface area (Å²) in [5.41, 5.74) is 4.81. The number of carbonyl (C=O) groups excluding carboxylic acids is 2. The number of carbonyl (C=O) groups is 2. The van der Waals surface area contributed by atoms with Gasteiger partial charge in [0.25, 0.3) is 5.91 Å². The first kappa shape index (κ1) is 23.2. The summed E-state index contributed by atoms with van der Waals surface area (Å²) in [5.74, 6) is 5.80. The van der Waals surface area contributed by atoms with Crippen LogP contribution in [0.25, 0.3) is 0 Å². The molecule has 0 bridgehead atoms. The smallest absolute Gasteiger partial charge is 0.254 e. The first-order chi connectivity index (χ1) is 16.4. The van der Waals surface area contributed by atoms with Crippen LogP contribution in [0.2, 0.25) is 0 Å². The van der Waals surface area contributed by atoms with E-state index in [2.05, 4.69) is 16.1 Å². The van der Waals surface area contributed by atoms with Gasteiger partial charge in [0.15, 0.2) is 5.11 Å². The molecule has 3 aliphatic rings. The molecule has 7 nitrogen and oxygen atoms in total. The quantitative estimate of drug-likeness (QED) is 0.263. The highest BCUT2D eigenvalue weighted by atomic mass is 32.1. The number of nitrogens with one attached hydrogen (secondary N) is 3. The third-order valence-corrected chi connectivity index (χ3v) is 8.23. The van der Waals surface area contributed by atoms with Crippen molar-refractivity contribution in [2.45, 2.75) is 51.0 Å². The summed E-state index contributed by atoms with van der Waals surface area (Å²) < 4.78 is 13.5. The maximum absolute atomic E-state index is 13.5. The van der Waals surface area contributed by atoms with Crippen LogP contribution >= 0.6 is 23.6 Å². The number of fused-ring (bicyclic) bond motifs is 1. The maximum Gasteiger partial charge on any atom is 0.254 e. The molecule has 2 fully saturated rings. The van der Waals surface area contributed by atoms with Crippen LogP contribution in [0.5, 0.6) is 0 Å². The fraction of sp³-hybridized carbons (Fsp3) is 0.458. The summed E-state index contributed by atoms with van der Waals surface area (Å²) in [6, 6.07) is 6.06. The fourth-order valence-corrected chi connectivity index (χ4v) is 5.99. The monoisotopic (exact) mass is 501 g/mol. The molecule has 0 aliphatic heterocycles. The molecule has 5 rings (SSSR count). The Hall–Kier alpha value is -2.56. The predicted molar refractivity (Wildman–Crippen MR) is 135 cm³/mol. The average Bonchev–Trinajstić information content (AvgIpc) is 3.75. The van der Waals surface area contributed by atoms with Crippen molar-refractivity contribution in [3.05, 3.63) is 46.1 Å². The van der Waals surface area contributed by atoms with Crippen molar-refractivity contribution < 1.29 is 14.0 Å². The first-order valence-corrected chi connectivity index (χ1v) is 13.0. The van der Waals surface area contributed by atoms with Gasteiger partial charge in [-0.15, -0.1) is 11.3 Å². The molecule has 0 spiro atoms. The summed E-state index contributed by atoms with van der Waals surface area (Å²) in [7, 11) is 0. The molecule has 1 unspecified atom stereocenters. The molecule has 34 heavy (non-hydrogen) atoms. The summed E-state index contributed by atoms with van der Waals surface area (Å²) >= 11 is 7.00. The number of halogens is 1. The van der Waals surface area contributed by atoms with Gasteiger partial charge in [-0.25, -0.2) is 10.2 Å². The molecule has 2 aromatic rings. The summed E-state index contributed by atoms with van der Waals surface area (Å²) in [6.07, 6.45) is 6.19. The van der Waals surface area contributed by atoms with E-state index in [1.165, 1.54) is 23.5 Å². The van der Waals surface area contributed by atoms with E-state index in [-0.39, 0.29) is 29.6 Å². The van der Waals surface area contributed by atoms with E-state index in [0.29, 0.717) is 34.6 Å². The molecule has 1 aromatic heterocycles. The SMILES string of the molecule is NNC(=S)N(c1ccc(F)cc1)C1CCc2sc(NC(=O)C3CC3)c(C(=O)NCC3CC3)c2C1. The Labute approximate surface area is 207 Å². The molecule has 2 amide bonds. The Balaban J connectivity index is 1.45. The number of hydrazine groups is 1. The lowest BCUT2D eigenvalue weighted by Crippen LogP contribution is -2.50. The molecule has 5 N–H and O–H groups in total. The van der Waals surface area contributed by atoms with E-state index in [1.54, 1.807) is 12.1 Å². The van der Waals surface area contributed by atoms with Gasteiger partial charge in [0.1, 0.15) is 10.8 Å². The Kier molecular flexibility index (Phi) is 6.54. The number of thiophene rings is 1. The number of amides is 2. The zero-order valence-corrected chi connectivity index (χ0v) is 20.4. The Bertz CT molecular complexity index is 1110. The topological polar surface area (TPSA) is 99.5 Å². The lowest BCUT2D eigenvalue weighted by atomic mass is 9.90. The largest absolute Gasteiger partial charge is 0.352 e. The van der Waals surface area contributed by atoms with E-state index in [9.17, 15) is 14.0 Å². The third kappa shape index (κ3) is 4.94. The van der Waals surface area contributed by atoms with Crippen LogP contribution < -0.4 is 26.8 Å². The summed E-state index contributed by atoms with van der Waals surface area (Å²) in [5, 5.41) is 7.08. The van der Waals surface area contributed by atoms with E-state index in [4.69, 9.17) is 18.1 Å². The van der Waals surface area contributed by atoms with Crippen LogP contribution in [0.4, 0.5) is 15.1 Å². The standard InChI is InChI=1S/C24H28FN5O2S2/c25-15-5-7-16(8-6-15)30(24(33)29-26)17-9-10-19-18(11-17)20(22(32)27-12-13-1-2-13)23(34-19)28-21(31)14-3-4-14/h5-8,13-14,17H,1-4,9-12,26H2,(H,27,32)(H,28,31)(H,29,33). The van der Waals surface area contributed by atoms with Gasteiger partial charge in [-0.2, -0.15) is 0 Å². The number of hydrogen-bond acceptors (Lipinski definition) is 5. The Morgan fingerprint density at radius 3 is 2.53 bits per heavy atom. The van der Waals surface area contributed by atoms with E-state index >= 15 is 0 Å². The van der Waals surface area contributed by atoms with E-state index in [0.717, 1.165) is 54.7 Å². The number of thiocarbonyl (C=S) groups is 1. The van der Waals surface area contributed by atoms with Crippen molar-refractivity contribution in [2.24, 2.45) is 17.7 Å². The zero-order valence-electron chi connectivity index (χ0n) is 18.7. The van der Waals surface area contributed by atoms with Crippen LogP contribution in [-0.2, 0) is 17.6 Å². The molecule has 10 heteroatoms. The van der Waals surface area contributed by atoms with E-state index in [1.807, 2.05) is 4.90 Å². The van der Waals surface area contributed by atoms with Crippen molar-refractivity contribution in [3.8, 4) is 0 Å². The molecule has 180 valence electrons. The highest BCUT2D eigenvalue weighted by Crippen LogP contribution is 2.41. The van der Waals surface area contributed by atoms with Gasteiger partial charge in [-0.1, -0.05) is 0 Å². The summed E-state index contributed by atoms with van der Waals surface area (Å²) in [4.78, 5) is 28.8. The van der Waals surface area contributed by atoms with Gasteiger partial charge in [0.2, 0.25) is 5.91 Å². The van der Waals surface area contributed by atoms with Crippen molar-refractivity contribution in [1.82, 2.24) is 10.7 Å². The zero-order chi connectivity index (χ0) is 23.8. The predicted octanol–water partition coefficient (Wildman–Crippen LogP) is 3.49. The normalized spacial score (nSPS) is 19.2. The van der Waals surface area contributed by atoms with Crippen LogP contribution in [0.15, 0.2) is 24.3 Å². The number of aryl methyl sites for hydroxylation is 1. The van der Waals surface area contributed by atoms with Gasteiger partial charge < -0.3 is 21.0 Å². The minimum atomic E-state index is -0.329. The van der Waals surface area contributed by atoms with Gasteiger partial charge in [-0.05, 0) is 92.9 Å². The molecule has 0 saturated heterocycles. The fourth-order valence-electron chi connectivity index (χ4n) is 4.49. The minimum absolute atomic E-state index is 0.00663. The molecule has 2 saturated carbocycles. The van der Waals surface area contributed by atoms with Crippen molar-refractivity contribution in [3.63, 3.8) is 0 Å². The molecular formula is C24H28FN5O2S2. The summed E-state index contributed by atoms with van der Waals surface area (Å²) in [6.45, 7) is 0.659.